The number of carbonyl (C=O) groups excluding carboxylic acids is 1. The molecule has 0 aromatic carbocycles. The fraction of sp³-hybridized carbons (Fsp3) is 0.471. The van der Waals surface area contributed by atoms with E-state index < -0.39 is 0 Å². The van der Waals surface area contributed by atoms with Crippen molar-refractivity contribution in [3.63, 3.8) is 0 Å². The van der Waals surface area contributed by atoms with Crippen LogP contribution < -0.4 is 5.32 Å². The van der Waals surface area contributed by atoms with Gasteiger partial charge in [0.15, 0.2) is 0 Å². The number of thiophene rings is 1. The smallest absolute Gasteiger partial charge is 0.339 e. The van der Waals surface area contributed by atoms with E-state index in [4.69, 9.17) is 4.74 Å². The van der Waals surface area contributed by atoms with Crippen molar-refractivity contribution in [1.29, 1.82) is 0 Å². The summed E-state index contributed by atoms with van der Waals surface area (Å²) in [5.74, 6) is 0.405. The molecule has 0 spiro atoms. The predicted octanol–water partition coefficient (Wildman–Crippen LogP) is 4.17. The maximum Gasteiger partial charge on any atom is 0.339 e. The molecular formula is C17H21N3O2S. The van der Waals surface area contributed by atoms with Crippen molar-refractivity contribution in [3.05, 3.63) is 28.9 Å². The van der Waals surface area contributed by atoms with Crippen LogP contribution in [0.4, 0.5) is 5.82 Å². The molecule has 23 heavy (non-hydrogen) atoms. The Morgan fingerprint density at radius 3 is 3.09 bits per heavy atom. The molecule has 0 saturated carbocycles. The number of hydrogen-bond acceptors (Lipinski definition) is 6. The fourth-order valence-corrected chi connectivity index (χ4v) is 3.72. The Hall–Kier alpha value is -1.95. The monoisotopic (exact) mass is 331 g/mol. The van der Waals surface area contributed by atoms with Crippen molar-refractivity contribution in [1.82, 2.24) is 9.97 Å². The van der Waals surface area contributed by atoms with Crippen molar-refractivity contribution < 1.29 is 9.53 Å². The van der Waals surface area contributed by atoms with Crippen molar-refractivity contribution in [2.45, 2.75) is 39.0 Å². The molecule has 1 aliphatic rings. The standard InChI is InChI=1S/C17H21N3O2S/c1-2-22-17(21)13-10-23-16-14(13)15(19-11-20-16)18-9-8-12-6-4-3-5-7-12/h6,10-11H,2-5,7-9H2,1H3,(H,18,19,20). The third-order valence-electron chi connectivity index (χ3n) is 3.99. The molecule has 0 aliphatic heterocycles. The van der Waals surface area contributed by atoms with Crippen molar-refractivity contribution in [2.24, 2.45) is 0 Å². The highest BCUT2D eigenvalue weighted by Gasteiger charge is 2.18. The molecule has 2 heterocycles. The molecule has 0 atom stereocenters. The Labute approximate surface area is 139 Å². The molecule has 0 bridgehead atoms. The zero-order valence-corrected chi connectivity index (χ0v) is 14.1. The normalized spacial score (nSPS) is 14.6. The minimum absolute atomic E-state index is 0.313. The van der Waals surface area contributed by atoms with Crippen LogP contribution in [0.3, 0.4) is 0 Å². The lowest BCUT2D eigenvalue weighted by atomic mass is 9.97. The van der Waals surface area contributed by atoms with E-state index in [-0.39, 0.29) is 5.97 Å². The van der Waals surface area contributed by atoms with E-state index in [1.807, 2.05) is 0 Å². The Morgan fingerprint density at radius 2 is 2.30 bits per heavy atom. The average Bonchev–Trinajstić information content (AvgIpc) is 3.01. The maximum absolute atomic E-state index is 12.1. The molecule has 0 fully saturated rings. The minimum atomic E-state index is -0.313. The molecular weight excluding hydrogens is 310 g/mol. The van der Waals surface area contributed by atoms with Gasteiger partial charge in [0.05, 0.1) is 17.6 Å². The van der Waals surface area contributed by atoms with Gasteiger partial charge in [0.1, 0.15) is 17.0 Å². The second kappa shape index (κ2) is 7.55. The van der Waals surface area contributed by atoms with Crippen LogP contribution in [0.2, 0.25) is 0 Å². The van der Waals surface area contributed by atoms with Gasteiger partial charge in [-0.3, -0.25) is 0 Å². The third-order valence-corrected chi connectivity index (χ3v) is 4.88. The minimum Gasteiger partial charge on any atom is -0.462 e. The predicted molar refractivity (Wildman–Crippen MR) is 93.0 cm³/mol. The van der Waals surface area contributed by atoms with E-state index in [0.29, 0.717) is 12.2 Å². The highest BCUT2D eigenvalue weighted by Crippen LogP contribution is 2.30. The lowest BCUT2D eigenvalue weighted by Crippen LogP contribution is -2.08. The first-order valence-electron chi connectivity index (χ1n) is 8.10. The summed E-state index contributed by atoms with van der Waals surface area (Å²) in [5, 5.41) is 5.94. The zero-order valence-electron chi connectivity index (χ0n) is 13.3. The number of fused-ring (bicyclic) bond motifs is 1. The van der Waals surface area contributed by atoms with Crippen molar-refractivity contribution in [3.8, 4) is 0 Å². The summed E-state index contributed by atoms with van der Waals surface area (Å²) in [6.45, 7) is 2.98. The number of aromatic nitrogens is 2. The number of nitrogens with one attached hydrogen (secondary N) is 1. The van der Waals surface area contributed by atoms with Gasteiger partial charge >= 0.3 is 5.97 Å². The van der Waals surface area contributed by atoms with Crippen LogP contribution in [-0.2, 0) is 4.74 Å². The Bertz CT molecular complexity index is 724. The second-order valence-electron chi connectivity index (χ2n) is 5.56. The topological polar surface area (TPSA) is 64.1 Å². The van der Waals surface area contributed by atoms with E-state index in [1.54, 1.807) is 12.3 Å². The summed E-state index contributed by atoms with van der Waals surface area (Å²) >= 11 is 1.44. The Kier molecular flexibility index (Phi) is 5.23. The molecule has 1 N–H and O–H groups in total. The Morgan fingerprint density at radius 1 is 1.39 bits per heavy atom. The first kappa shape index (κ1) is 15.9. The molecule has 2 aromatic heterocycles. The van der Waals surface area contributed by atoms with Crippen LogP contribution in [-0.4, -0.2) is 29.1 Å². The summed E-state index contributed by atoms with van der Waals surface area (Å²) in [5.41, 5.74) is 2.07. The number of allylic oxidation sites excluding steroid dienone is 1. The number of anilines is 1. The molecule has 0 saturated heterocycles. The van der Waals surface area contributed by atoms with Crippen LogP contribution in [0.25, 0.3) is 10.2 Å². The summed E-state index contributed by atoms with van der Waals surface area (Å²) in [6, 6.07) is 0. The molecule has 1 aliphatic carbocycles. The van der Waals surface area contributed by atoms with Gasteiger partial charge in [-0.05, 0) is 39.0 Å². The second-order valence-corrected chi connectivity index (χ2v) is 6.42. The SMILES string of the molecule is CCOC(=O)c1csc2ncnc(NCCC3=CCCCC3)c12. The van der Waals surface area contributed by atoms with Crippen LogP contribution in [0.1, 0.15) is 49.4 Å². The molecule has 122 valence electrons. The number of carbonyl (C=O) groups is 1. The highest BCUT2D eigenvalue weighted by molar-refractivity contribution is 7.17. The molecule has 5 nitrogen and oxygen atoms in total. The molecule has 6 heteroatoms. The van der Waals surface area contributed by atoms with Gasteiger partial charge in [-0.1, -0.05) is 11.6 Å². The molecule has 0 unspecified atom stereocenters. The quantitative estimate of drug-likeness (QED) is 0.636. The number of hydrogen-bond donors (Lipinski definition) is 1. The van der Waals surface area contributed by atoms with E-state index in [2.05, 4.69) is 21.4 Å². The number of esters is 1. The van der Waals surface area contributed by atoms with Gasteiger partial charge in [0.2, 0.25) is 0 Å². The van der Waals surface area contributed by atoms with E-state index in [0.717, 1.165) is 29.0 Å². The highest BCUT2D eigenvalue weighted by atomic mass is 32.1. The molecule has 0 radical (unpaired) electrons. The fourth-order valence-electron chi connectivity index (χ4n) is 2.84. The van der Waals surface area contributed by atoms with Crippen molar-refractivity contribution in [2.75, 3.05) is 18.5 Å². The van der Waals surface area contributed by atoms with Gasteiger partial charge in [-0.2, -0.15) is 0 Å². The summed E-state index contributed by atoms with van der Waals surface area (Å²) in [4.78, 5) is 21.5. The van der Waals surface area contributed by atoms with Gasteiger partial charge in [-0.25, -0.2) is 14.8 Å². The van der Waals surface area contributed by atoms with E-state index in [9.17, 15) is 4.79 Å². The average molecular weight is 331 g/mol. The number of rotatable bonds is 6. The van der Waals surface area contributed by atoms with Gasteiger partial charge in [0, 0.05) is 11.9 Å². The molecule has 3 rings (SSSR count). The van der Waals surface area contributed by atoms with Gasteiger partial charge < -0.3 is 10.1 Å². The summed E-state index contributed by atoms with van der Waals surface area (Å²) < 4.78 is 5.12. The maximum atomic E-state index is 12.1. The first-order chi connectivity index (χ1) is 11.3. The van der Waals surface area contributed by atoms with E-state index in [1.165, 1.54) is 48.9 Å². The largest absolute Gasteiger partial charge is 0.462 e. The third kappa shape index (κ3) is 3.69. The summed E-state index contributed by atoms with van der Waals surface area (Å²) in [6.07, 6.45) is 9.91. The van der Waals surface area contributed by atoms with Gasteiger partial charge in [-0.15, -0.1) is 11.3 Å². The number of nitrogens with zero attached hydrogens (tertiary/aromatic N) is 2. The van der Waals surface area contributed by atoms with Gasteiger partial charge in [0.25, 0.3) is 0 Å². The van der Waals surface area contributed by atoms with Crippen LogP contribution in [0.5, 0.6) is 0 Å². The summed E-state index contributed by atoms with van der Waals surface area (Å²) in [7, 11) is 0. The van der Waals surface area contributed by atoms with Crippen LogP contribution >= 0.6 is 11.3 Å². The van der Waals surface area contributed by atoms with Crippen LogP contribution in [0.15, 0.2) is 23.4 Å². The molecule has 0 amide bonds. The lowest BCUT2D eigenvalue weighted by Gasteiger charge is -2.13. The van der Waals surface area contributed by atoms with Crippen molar-refractivity contribution >= 4 is 33.3 Å². The van der Waals surface area contributed by atoms with Crippen LogP contribution in [0, 0.1) is 0 Å². The Balaban J connectivity index is 1.75. The molecule has 2 aromatic rings. The lowest BCUT2D eigenvalue weighted by molar-refractivity contribution is 0.0529. The van der Waals surface area contributed by atoms with E-state index >= 15 is 0 Å². The zero-order chi connectivity index (χ0) is 16.1. The first-order valence-corrected chi connectivity index (χ1v) is 8.98. The number of ether oxygens (including phenoxy) is 1.